The van der Waals surface area contributed by atoms with E-state index < -0.39 is 39.9 Å². The van der Waals surface area contributed by atoms with Crippen molar-refractivity contribution in [1.82, 2.24) is 9.21 Å². The van der Waals surface area contributed by atoms with E-state index in [1.807, 2.05) is 13.8 Å². The molecule has 266 valence electrons. The number of carbonyl (C=O) groups excluding carboxylic acids is 2. The Bertz CT molecular complexity index is 1680. The molecule has 1 aliphatic heterocycles. The minimum Gasteiger partial charge on any atom is -0.490 e. The summed E-state index contributed by atoms with van der Waals surface area (Å²) in [5.74, 6) is -0.928. The highest BCUT2D eigenvalue weighted by Crippen LogP contribution is 2.29. The maximum atomic E-state index is 14.3. The Labute approximate surface area is 292 Å². The summed E-state index contributed by atoms with van der Waals surface area (Å²) in [7, 11) is -2.38. The van der Waals surface area contributed by atoms with Crippen molar-refractivity contribution in [2.24, 2.45) is 5.92 Å². The molecule has 0 unspecified atom stereocenters. The van der Waals surface area contributed by atoms with Crippen LogP contribution in [0.2, 0.25) is 5.02 Å². The van der Waals surface area contributed by atoms with E-state index in [-0.39, 0.29) is 42.2 Å². The average molecular weight is 719 g/mol. The third-order valence-electron chi connectivity index (χ3n) is 8.37. The molecule has 0 saturated heterocycles. The van der Waals surface area contributed by atoms with Gasteiger partial charge in [0.25, 0.3) is 5.91 Å². The number of anilines is 2. The number of nitrogens with one attached hydrogen (secondary N) is 2. The third kappa shape index (κ3) is 10.4. The lowest BCUT2D eigenvalue weighted by atomic mass is 10.0. The van der Waals surface area contributed by atoms with E-state index in [1.54, 1.807) is 19.1 Å². The zero-order valence-corrected chi connectivity index (χ0v) is 29.6. The number of aliphatic hydroxyl groups excluding tert-OH is 1. The first-order chi connectivity index (χ1) is 23.3. The molecular formula is C35H44ClFN4O7S. The number of hydrogen-bond donors (Lipinski definition) is 3. The number of nitrogens with zero attached hydrogens (tertiary/aromatic N) is 2. The van der Waals surface area contributed by atoms with E-state index in [0.29, 0.717) is 41.6 Å². The number of aliphatic hydroxyl groups is 1. The van der Waals surface area contributed by atoms with Crippen molar-refractivity contribution in [2.75, 3.05) is 44.0 Å². The molecule has 4 rings (SSSR count). The van der Waals surface area contributed by atoms with Gasteiger partial charge in [0.15, 0.2) is 0 Å². The summed E-state index contributed by atoms with van der Waals surface area (Å²) in [4.78, 5) is 28.7. The number of rotatable bonds is 8. The second-order valence-electron chi connectivity index (χ2n) is 12.3. The number of hydrogen-bond acceptors (Lipinski definition) is 7. The van der Waals surface area contributed by atoms with Crippen molar-refractivity contribution in [1.29, 1.82) is 0 Å². The summed E-state index contributed by atoms with van der Waals surface area (Å²) in [5.41, 5.74) is 0.866. The Morgan fingerprint density at radius 1 is 1.06 bits per heavy atom. The predicted octanol–water partition coefficient (Wildman–Crippen LogP) is 6.24. The van der Waals surface area contributed by atoms with E-state index >= 15 is 0 Å². The van der Waals surface area contributed by atoms with Crippen LogP contribution in [0.3, 0.4) is 0 Å². The van der Waals surface area contributed by atoms with Gasteiger partial charge >= 0.3 is 6.03 Å². The van der Waals surface area contributed by atoms with Gasteiger partial charge in [-0.25, -0.2) is 17.6 Å². The minimum absolute atomic E-state index is 0.0228. The highest BCUT2D eigenvalue weighted by atomic mass is 35.5. The standard InChI is InChI=1S/C35H44ClFN4O7S/c1-23-20-41(24(2)22-42)34(43)31-19-29(39-35(44)38-28-12-10-27(37)11-13-28)14-17-32(31)48-25(3)7-5-6-18-47-33(23)21-40(4)49(45,46)30-15-8-26(36)9-16-30/h8-17,19,23-25,33,42H,5-7,18,20-22H2,1-4H3,(H2,38,39,44)/t23-,24+,25-,33+/m1/s1. The molecule has 0 spiro atoms. The Balaban J connectivity index is 1.62. The van der Waals surface area contributed by atoms with Crippen molar-refractivity contribution in [3.8, 4) is 5.75 Å². The van der Waals surface area contributed by atoms with Crippen LogP contribution in [0.15, 0.2) is 71.6 Å². The van der Waals surface area contributed by atoms with Crippen LogP contribution in [0.1, 0.15) is 50.4 Å². The van der Waals surface area contributed by atoms with E-state index in [9.17, 15) is 27.5 Å². The fourth-order valence-electron chi connectivity index (χ4n) is 5.43. The van der Waals surface area contributed by atoms with E-state index in [1.165, 1.54) is 70.9 Å². The van der Waals surface area contributed by atoms with E-state index in [0.717, 1.165) is 6.42 Å². The highest BCUT2D eigenvalue weighted by Gasteiger charge is 2.32. The zero-order valence-electron chi connectivity index (χ0n) is 28.1. The molecule has 3 aromatic carbocycles. The molecule has 11 nitrogen and oxygen atoms in total. The minimum atomic E-state index is -3.87. The molecule has 4 atom stereocenters. The second kappa shape index (κ2) is 17.3. The van der Waals surface area contributed by atoms with Crippen LogP contribution in [0.5, 0.6) is 5.75 Å². The fourth-order valence-corrected chi connectivity index (χ4v) is 6.74. The van der Waals surface area contributed by atoms with Crippen molar-refractivity contribution >= 4 is 44.9 Å². The molecule has 3 N–H and O–H groups in total. The van der Waals surface area contributed by atoms with Gasteiger partial charge < -0.3 is 30.1 Å². The molecule has 14 heteroatoms. The van der Waals surface area contributed by atoms with Gasteiger partial charge in [0.05, 0.1) is 35.3 Å². The maximum Gasteiger partial charge on any atom is 0.323 e. The molecule has 0 bridgehead atoms. The smallest absolute Gasteiger partial charge is 0.323 e. The van der Waals surface area contributed by atoms with Gasteiger partial charge in [0.2, 0.25) is 10.0 Å². The molecular weight excluding hydrogens is 675 g/mol. The van der Waals surface area contributed by atoms with Gasteiger partial charge in [0, 0.05) is 49.1 Å². The maximum absolute atomic E-state index is 14.3. The summed E-state index contributed by atoms with van der Waals surface area (Å²) >= 11 is 5.98. The number of amides is 3. The van der Waals surface area contributed by atoms with Crippen LogP contribution in [-0.2, 0) is 14.8 Å². The monoisotopic (exact) mass is 718 g/mol. The van der Waals surface area contributed by atoms with Crippen LogP contribution in [-0.4, -0.2) is 86.3 Å². The summed E-state index contributed by atoms with van der Waals surface area (Å²) in [6.07, 6.45) is 1.29. The molecule has 3 aromatic rings. The topological polar surface area (TPSA) is 138 Å². The SMILES string of the molecule is C[C@@H]1CCCCO[C@@H](CN(C)S(=O)(=O)c2ccc(Cl)cc2)[C@H](C)CN([C@@H](C)CO)C(=O)c2cc(NC(=O)Nc3ccc(F)cc3)ccc2O1. The van der Waals surface area contributed by atoms with Gasteiger partial charge in [-0.2, -0.15) is 4.31 Å². The van der Waals surface area contributed by atoms with Crippen LogP contribution >= 0.6 is 11.6 Å². The third-order valence-corrected chi connectivity index (χ3v) is 10.5. The van der Waals surface area contributed by atoms with Crippen molar-refractivity contribution in [3.63, 3.8) is 0 Å². The van der Waals surface area contributed by atoms with Crippen molar-refractivity contribution in [2.45, 2.75) is 63.2 Å². The molecule has 1 heterocycles. The predicted molar refractivity (Wildman–Crippen MR) is 187 cm³/mol. The Hall–Kier alpha value is -3.75. The highest BCUT2D eigenvalue weighted by molar-refractivity contribution is 7.89. The molecule has 0 saturated carbocycles. The normalized spacial score (nSPS) is 20.1. The number of sulfonamides is 1. The van der Waals surface area contributed by atoms with E-state index in [4.69, 9.17) is 21.1 Å². The largest absolute Gasteiger partial charge is 0.490 e. The summed E-state index contributed by atoms with van der Waals surface area (Å²) in [6, 6.07) is 14.8. The van der Waals surface area contributed by atoms with Crippen LogP contribution in [0.25, 0.3) is 0 Å². The first-order valence-corrected chi connectivity index (χ1v) is 18.0. The lowest BCUT2D eigenvalue weighted by Crippen LogP contribution is -2.48. The lowest BCUT2D eigenvalue weighted by Gasteiger charge is -2.35. The fraction of sp³-hybridized carbons (Fsp3) is 0.429. The van der Waals surface area contributed by atoms with E-state index in [2.05, 4.69) is 10.6 Å². The molecule has 49 heavy (non-hydrogen) atoms. The van der Waals surface area contributed by atoms with Gasteiger partial charge in [-0.15, -0.1) is 0 Å². The summed E-state index contributed by atoms with van der Waals surface area (Å²) in [6.45, 7) is 5.68. The van der Waals surface area contributed by atoms with Gasteiger partial charge in [-0.05, 0) is 99.8 Å². The van der Waals surface area contributed by atoms with Gasteiger partial charge in [0.1, 0.15) is 11.6 Å². The molecule has 0 aromatic heterocycles. The average Bonchev–Trinajstić information content (AvgIpc) is 3.07. The molecule has 0 aliphatic carbocycles. The van der Waals surface area contributed by atoms with Crippen molar-refractivity contribution in [3.05, 3.63) is 83.1 Å². The number of benzene rings is 3. The van der Waals surface area contributed by atoms with Crippen LogP contribution in [0, 0.1) is 11.7 Å². The molecule has 3 amide bonds. The van der Waals surface area contributed by atoms with Gasteiger partial charge in [-0.3, -0.25) is 4.79 Å². The summed E-state index contributed by atoms with van der Waals surface area (Å²) in [5, 5.41) is 16.0. The number of halogens is 2. The summed E-state index contributed by atoms with van der Waals surface area (Å²) < 4.78 is 53.9. The molecule has 0 fully saturated rings. The van der Waals surface area contributed by atoms with Gasteiger partial charge in [-0.1, -0.05) is 18.5 Å². The quantitative estimate of drug-likeness (QED) is 0.251. The Morgan fingerprint density at radius 2 is 1.71 bits per heavy atom. The first kappa shape index (κ1) is 38.1. The molecule has 1 aliphatic rings. The van der Waals surface area contributed by atoms with Crippen LogP contribution < -0.4 is 15.4 Å². The Kier molecular flexibility index (Phi) is 13.4. The second-order valence-corrected chi connectivity index (χ2v) is 14.8. The number of fused-ring (bicyclic) bond motifs is 1. The number of ether oxygens (including phenoxy) is 2. The number of likely N-dealkylation sites (N-methyl/N-ethyl adjacent to an activating group) is 1. The lowest BCUT2D eigenvalue weighted by molar-refractivity contribution is -0.00833. The first-order valence-electron chi connectivity index (χ1n) is 16.2. The zero-order chi connectivity index (χ0) is 35.7. The molecule has 0 radical (unpaired) electrons. The van der Waals surface area contributed by atoms with Crippen molar-refractivity contribution < 1.29 is 37.0 Å². The number of carbonyl (C=O) groups is 2. The van der Waals surface area contributed by atoms with Crippen LogP contribution in [0.4, 0.5) is 20.6 Å². The Morgan fingerprint density at radius 3 is 2.39 bits per heavy atom. The number of urea groups is 1.